The third-order valence-electron chi connectivity index (χ3n) is 2.28. The minimum Gasteiger partial charge on any atom is -0.477 e. The van der Waals surface area contributed by atoms with Gasteiger partial charge in [0.2, 0.25) is 0 Å². The van der Waals surface area contributed by atoms with E-state index >= 15 is 0 Å². The number of carboxylic acids is 1. The molecule has 1 N–H and O–H groups in total. The first-order chi connectivity index (χ1) is 8.20. The maximum atomic E-state index is 10.8. The second-order valence-corrected chi connectivity index (χ2v) is 5.45. The van der Waals surface area contributed by atoms with Crippen molar-refractivity contribution in [3.8, 4) is 0 Å². The van der Waals surface area contributed by atoms with E-state index in [1.165, 1.54) is 22.4 Å². The molecule has 0 aliphatic carbocycles. The van der Waals surface area contributed by atoms with E-state index < -0.39 is 5.97 Å². The van der Waals surface area contributed by atoms with Crippen LogP contribution in [0.4, 0.5) is 5.13 Å². The standard InChI is InChI=1S/C11H12N2O2S2/c1-2-13(7-8-4-3-5-16-8)11-12-6-9(17-11)10(14)15/h3-6H,2,7H2,1H3,(H,14,15). The molecule has 2 aromatic heterocycles. The van der Waals surface area contributed by atoms with Crippen molar-refractivity contribution < 1.29 is 9.90 Å². The van der Waals surface area contributed by atoms with Crippen LogP contribution in [0.3, 0.4) is 0 Å². The van der Waals surface area contributed by atoms with Gasteiger partial charge >= 0.3 is 5.97 Å². The fraction of sp³-hybridized carbons (Fsp3) is 0.273. The van der Waals surface area contributed by atoms with E-state index in [0.29, 0.717) is 0 Å². The smallest absolute Gasteiger partial charge is 0.347 e. The molecule has 0 amide bonds. The molecule has 0 bridgehead atoms. The van der Waals surface area contributed by atoms with Crippen LogP contribution in [-0.2, 0) is 6.54 Å². The van der Waals surface area contributed by atoms with Crippen molar-refractivity contribution >= 4 is 33.8 Å². The lowest BCUT2D eigenvalue weighted by Crippen LogP contribution is -2.21. The van der Waals surface area contributed by atoms with Crippen LogP contribution in [-0.4, -0.2) is 22.6 Å². The lowest BCUT2D eigenvalue weighted by molar-refractivity contribution is 0.0702. The van der Waals surface area contributed by atoms with E-state index in [9.17, 15) is 4.79 Å². The number of nitrogens with zero attached hydrogens (tertiary/aromatic N) is 2. The Morgan fingerprint density at radius 2 is 2.41 bits per heavy atom. The summed E-state index contributed by atoms with van der Waals surface area (Å²) in [5.74, 6) is -0.916. The number of thiophene rings is 1. The molecule has 0 saturated carbocycles. The highest BCUT2D eigenvalue weighted by Crippen LogP contribution is 2.24. The van der Waals surface area contributed by atoms with Crippen LogP contribution < -0.4 is 4.90 Å². The van der Waals surface area contributed by atoms with E-state index in [-0.39, 0.29) is 4.88 Å². The summed E-state index contributed by atoms with van der Waals surface area (Å²) >= 11 is 2.91. The number of anilines is 1. The van der Waals surface area contributed by atoms with Crippen molar-refractivity contribution in [1.82, 2.24) is 4.98 Å². The van der Waals surface area contributed by atoms with Crippen molar-refractivity contribution in [3.05, 3.63) is 33.5 Å². The number of aromatic carboxylic acids is 1. The largest absolute Gasteiger partial charge is 0.477 e. The monoisotopic (exact) mass is 268 g/mol. The molecule has 4 nitrogen and oxygen atoms in total. The third kappa shape index (κ3) is 2.83. The van der Waals surface area contributed by atoms with Gasteiger partial charge in [-0.3, -0.25) is 0 Å². The highest BCUT2D eigenvalue weighted by atomic mass is 32.1. The summed E-state index contributed by atoms with van der Waals surface area (Å²) in [6.45, 7) is 3.63. The molecule has 0 fully saturated rings. The van der Waals surface area contributed by atoms with Gasteiger partial charge in [0.05, 0.1) is 12.7 Å². The molecule has 0 unspecified atom stereocenters. The Labute approximate surface area is 107 Å². The number of rotatable bonds is 5. The Bertz CT molecular complexity index is 493. The lowest BCUT2D eigenvalue weighted by Gasteiger charge is -2.18. The molecule has 0 aromatic carbocycles. The average molecular weight is 268 g/mol. The van der Waals surface area contributed by atoms with Gasteiger partial charge in [0.25, 0.3) is 0 Å². The first-order valence-electron chi connectivity index (χ1n) is 5.17. The fourth-order valence-electron chi connectivity index (χ4n) is 1.42. The number of hydrogen-bond acceptors (Lipinski definition) is 5. The number of thiazole rings is 1. The van der Waals surface area contributed by atoms with Gasteiger partial charge in [0.1, 0.15) is 4.88 Å². The Hall–Kier alpha value is -1.40. The van der Waals surface area contributed by atoms with Crippen LogP contribution in [0.1, 0.15) is 21.5 Å². The van der Waals surface area contributed by atoms with Crippen molar-refractivity contribution in [2.75, 3.05) is 11.4 Å². The molecule has 0 atom stereocenters. The highest BCUT2D eigenvalue weighted by Gasteiger charge is 2.13. The van der Waals surface area contributed by atoms with Gasteiger partial charge in [0.15, 0.2) is 5.13 Å². The van der Waals surface area contributed by atoms with Crippen LogP contribution in [0.15, 0.2) is 23.7 Å². The second kappa shape index (κ2) is 5.29. The summed E-state index contributed by atoms with van der Waals surface area (Å²) < 4.78 is 0. The molecule has 2 aromatic rings. The number of carbonyl (C=O) groups is 1. The van der Waals surface area contributed by atoms with Crippen molar-refractivity contribution in [1.29, 1.82) is 0 Å². The van der Waals surface area contributed by atoms with Crippen LogP contribution in [0.5, 0.6) is 0 Å². The topological polar surface area (TPSA) is 53.4 Å². The molecule has 0 aliphatic rings. The van der Waals surface area contributed by atoms with Gasteiger partial charge in [-0.05, 0) is 18.4 Å². The van der Waals surface area contributed by atoms with Gasteiger partial charge in [0, 0.05) is 11.4 Å². The Kier molecular flexibility index (Phi) is 3.75. The van der Waals surface area contributed by atoms with Crippen LogP contribution in [0, 0.1) is 0 Å². The zero-order valence-corrected chi connectivity index (χ0v) is 10.9. The molecule has 0 saturated heterocycles. The molecule has 17 heavy (non-hydrogen) atoms. The average Bonchev–Trinajstić information content (AvgIpc) is 2.96. The molecule has 6 heteroatoms. The maximum absolute atomic E-state index is 10.8. The molecule has 2 heterocycles. The Balaban J connectivity index is 2.14. The van der Waals surface area contributed by atoms with Crippen molar-refractivity contribution in [3.63, 3.8) is 0 Å². The van der Waals surface area contributed by atoms with E-state index in [4.69, 9.17) is 5.11 Å². The van der Waals surface area contributed by atoms with Crippen molar-refractivity contribution in [2.45, 2.75) is 13.5 Å². The number of aromatic nitrogens is 1. The number of hydrogen-bond donors (Lipinski definition) is 1. The molecular formula is C11H12N2O2S2. The van der Waals surface area contributed by atoms with Crippen LogP contribution in [0.2, 0.25) is 0 Å². The minimum absolute atomic E-state index is 0.282. The molecule has 0 aliphatic heterocycles. The SMILES string of the molecule is CCN(Cc1cccs1)c1ncc(C(=O)O)s1. The van der Waals surface area contributed by atoms with Gasteiger partial charge in [-0.25, -0.2) is 9.78 Å². The Morgan fingerprint density at radius 1 is 1.59 bits per heavy atom. The van der Waals surface area contributed by atoms with Crippen molar-refractivity contribution in [2.24, 2.45) is 0 Å². The molecular weight excluding hydrogens is 256 g/mol. The summed E-state index contributed by atoms with van der Waals surface area (Å²) in [5, 5.41) is 11.7. The summed E-state index contributed by atoms with van der Waals surface area (Å²) in [6, 6.07) is 4.08. The van der Waals surface area contributed by atoms with Gasteiger partial charge < -0.3 is 10.0 Å². The van der Waals surface area contributed by atoms with E-state index in [0.717, 1.165) is 18.2 Å². The third-order valence-corrected chi connectivity index (χ3v) is 4.19. The molecule has 90 valence electrons. The summed E-state index contributed by atoms with van der Waals surface area (Å²) in [7, 11) is 0. The second-order valence-electron chi connectivity index (χ2n) is 3.41. The van der Waals surface area contributed by atoms with Gasteiger partial charge in [-0.15, -0.1) is 11.3 Å². The zero-order valence-electron chi connectivity index (χ0n) is 9.29. The first kappa shape index (κ1) is 12.1. The lowest BCUT2D eigenvalue weighted by atomic mass is 10.4. The first-order valence-corrected chi connectivity index (χ1v) is 6.86. The minimum atomic E-state index is -0.916. The zero-order chi connectivity index (χ0) is 12.3. The summed E-state index contributed by atoms with van der Waals surface area (Å²) in [5.41, 5.74) is 0. The van der Waals surface area contributed by atoms with Crippen LogP contribution >= 0.6 is 22.7 Å². The quantitative estimate of drug-likeness (QED) is 0.906. The van der Waals surface area contributed by atoms with E-state index in [1.54, 1.807) is 11.3 Å². The maximum Gasteiger partial charge on any atom is 0.347 e. The van der Waals surface area contributed by atoms with E-state index in [2.05, 4.69) is 16.0 Å². The summed E-state index contributed by atoms with van der Waals surface area (Å²) in [6.07, 6.45) is 1.42. The number of carboxylic acid groups (broad SMARTS) is 1. The molecule has 0 radical (unpaired) electrons. The van der Waals surface area contributed by atoms with E-state index in [1.807, 2.05) is 18.4 Å². The van der Waals surface area contributed by atoms with Gasteiger partial charge in [-0.1, -0.05) is 17.4 Å². The normalized spacial score (nSPS) is 10.4. The Morgan fingerprint density at radius 3 is 2.94 bits per heavy atom. The molecule has 2 rings (SSSR count). The van der Waals surface area contributed by atoms with Crippen LogP contribution in [0.25, 0.3) is 0 Å². The predicted octanol–water partition coefficient (Wildman–Crippen LogP) is 2.93. The fourth-order valence-corrected chi connectivity index (χ4v) is 2.95. The highest BCUT2D eigenvalue weighted by molar-refractivity contribution is 7.17. The summed E-state index contributed by atoms with van der Waals surface area (Å²) in [4.78, 5) is 18.6. The molecule has 0 spiro atoms. The predicted molar refractivity (Wildman–Crippen MR) is 70.1 cm³/mol. The van der Waals surface area contributed by atoms with Gasteiger partial charge in [-0.2, -0.15) is 0 Å².